The molecular formula is C20H22FN3O4. The van der Waals surface area contributed by atoms with Gasteiger partial charge in [-0.15, -0.1) is 0 Å². The highest BCUT2D eigenvalue weighted by Crippen LogP contribution is 2.30. The van der Waals surface area contributed by atoms with Gasteiger partial charge >= 0.3 is 0 Å². The van der Waals surface area contributed by atoms with Gasteiger partial charge in [-0.05, 0) is 49.7 Å². The van der Waals surface area contributed by atoms with Crippen LogP contribution in [0.15, 0.2) is 36.4 Å². The Labute approximate surface area is 161 Å². The molecule has 2 aromatic carbocycles. The Morgan fingerprint density at radius 1 is 1.25 bits per heavy atom. The van der Waals surface area contributed by atoms with Crippen molar-refractivity contribution in [3.05, 3.63) is 53.3 Å². The minimum absolute atomic E-state index is 0.109. The molecule has 0 bridgehead atoms. The third kappa shape index (κ3) is 4.07. The first-order valence-electron chi connectivity index (χ1n) is 8.73. The molecule has 1 heterocycles. The molecule has 28 heavy (non-hydrogen) atoms. The maximum absolute atomic E-state index is 13.5. The van der Waals surface area contributed by atoms with Crippen LogP contribution in [-0.4, -0.2) is 35.7 Å². The van der Waals surface area contributed by atoms with E-state index in [1.54, 1.807) is 24.3 Å². The topological polar surface area (TPSA) is 99.7 Å². The zero-order chi connectivity index (χ0) is 20.5. The molecular weight excluding hydrogens is 365 g/mol. The number of rotatable bonds is 5. The zero-order valence-corrected chi connectivity index (χ0v) is 15.8. The van der Waals surface area contributed by atoms with Crippen LogP contribution in [0.5, 0.6) is 5.75 Å². The Kier molecular flexibility index (Phi) is 5.24. The number of benzene rings is 2. The molecule has 2 aromatic rings. The molecule has 0 saturated heterocycles. The summed E-state index contributed by atoms with van der Waals surface area (Å²) in [5.41, 5.74) is 0.873. The molecule has 0 radical (unpaired) electrons. The van der Waals surface area contributed by atoms with Gasteiger partial charge in [0, 0.05) is 12.1 Å². The minimum atomic E-state index is -1.28. The Morgan fingerprint density at radius 3 is 2.68 bits per heavy atom. The van der Waals surface area contributed by atoms with Gasteiger partial charge in [-0.1, -0.05) is 6.07 Å². The lowest BCUT2D eigenvalue weighted by Gasteiger charge is -2.34. The molecule has 0 aromatic heterocycles. The predicted octanol–water partition coefficient (Wildman–Crippen LogP) is 2.27. The van der Waals surface area contributed by atoms with Crippen molar-refractivity contribution in [2.45, 2.75) is 32.0 Å². The van der Waals surface area contributed by atoms with E-state index in [1.807, 2.05) is 0 Å². The summed E-state index contributed by atoms with van der Waals surface area (Å²) in [6.07, 6.45) is 0. The van der Waals surface area contributed by atoms with Crippen LogP contribution in [0.4, 0.5) is 15.8 Å². The van der Waals surface area contributed by atoms with Gasteiger partial charge in [0.15, 0.2) is 11.6 Å². The molecule has 1 aliphatic rings. The van der Waals surface area contributed by atoms with Crippen LogP contribution in [0, 0.1) is 5.82 Å². The van der Waals surface area contributed by atoms with E-state index in [0.29, 0.717) is 22.5 Å². The van der Waals surface area contributed by atoms with Crippen molar-refractivity contribution in [2.75, 3.05) is 17.7 Å². The van der Waals surface area contributed by atoms with E-state index in [4.69, 9.17) is 4.74 Å². The summed E-state index contributed by atoms with van der Waals surface area (Å²) in [4.78, 5) is 24.6. The average molecular weight is 387 g/mol. The molecule has 3 rings (SSSR count). The molecule has 148 valence electrons. The van der Waals surface area contributed by atoms with E-state index in [0.717, 1.165) is 0 Å². The van der Waals surface area contributed by atoms with Gasteiger partial charge in [0.2, 0.25) is 5.91 Å². The molecule has 0 fully saturated rings. The summed E-state index contributed by atoms with van der Waals surface area (Å²) in [6, 6.07) is 8.34. The SMILES string of the molecule is COc1cc(CNC(=O)c2ccc3c(c2)N[C@@H](C(C)(C)O)C(=O)N3)ccc1F. The summed E-state index contributed by atoms with van der Waals surface area (Å²) in [7, 11) is 1.38. The maximum atomic E-state index is 13.5. The second-order valence-corrected chi connectivity index (χ2v) is 7.13. The quantitative estimate of drug-likeness (QED) is 0.631. The fourth-order valence-corrected chi connectivity index (χ4v) is 2.94. The normalized spacial score (nSPS) is 15.9. The molecule has 4 N–H and O–H groups in total. The number of halogens is 1. The van der Waals surface area contributed by atoms with Crippen molar-refractivity contribution >= 4 is 23.2 Å². The summed E-state index contributed by atoms with van der Waals surface area (Å²) in [6.45, 7) is 3.26. The number of ether oxygens (including phenoxy) is 1. The summed E-state index contributed by atoms with van der Waals surface area (Å²) in [5, 5.41) is 18.6. The summed E-state index contributed by atoms with van der Waals surface area (Å²) in [5.74, 6) is -1.04. The number of hydrogen-bond acceptors (Lipinski definition) is 5. The lowest BCUT2D eigenvalue weighted by atomic mass is 9.95. The lowest BCUT2D eigenvalue weighted by molar-refractivity contribution is -0.121. The Morgan fingerprint density at radius 2 is 2.00 bits per heavy atom. The van der Waals surface area contributed by atoms with Gasteiger partial charge in [-0.3, -0.25) is 9.59 Å². The minimum Gasteiger partial charge on any atom is -0.494 e. The number of carbonyl (C=O) groups excluding carboxylic acids is 2. The monoisotopic (exact) mass is 387 g/mol. The molecule has 0 unspecified atom stereocenters. The van der Waals surface area contributed by atoms with Gasteiger partial charge in [0.1, 0.15) is 6.04 Å². The fraction of sp³-hybridized carbons (Fsp3) is 0.300. The van der Waals surface area contributed by atoms with Crippen molar-refractivity contribution in [1.29, 1.82) is 0 Å². The number of amides is 2. The number of methoxy groups -OCH3 is 1. The summed E-state index contributed by atoms with van der Waals surface area (Å²) < 4.78 is 18.4. The first kappa shape index (κ1) is 19.6. The molecule has 7 nitrogen and oxygen atoms in total. The Balaban J connectivity index is 1.73. The van der Waals surface area contributed by atoms with Crippen molar-refractivity contribution in [3.63, 3.8) is 0 Å². The number of nitrogens with one attached hydrogen (secondary N) is 3. The van der Waals surface area contributed by atoms with E-state index in [2.05, 4.69) is 16.0 Å². The third-order valence-electron chi connectivity index (χ3n) is 4.48. The first-order valence-corrected chi connectivity index (χ1v) is 8.73. The van der Waals surface area contributed by atoms with Crippen LogP contribution >= 0.6 is 0 Å². The van der Waals surface area contributed by atoms with Gasteiger partial charge in [-0.2, -0.15) is 0 Å². The van der Waals surface area contributed by atoms with Crippen LogP contribution in [0.2, 0.25) is 0 Å². The molecule has 1 atom stereocenters. The largest absolute Gasteiger partial charge is 0.494 e. The number of carbonyl (C=O) groups is 2. The molecule has 0 spiro atoms. The van der Waals surface area contributed by atoms with E-state index in [-0.39, 0.29) is 24.1 Å². The highest BCUT2D eigenvalue weighted by Gasteiger charge is 2.37. The average Bonchev–Trinajstić information content (AvgIpc) is 2.65. The second-order valence-electron chi connectivity index (χ2n) is 7.13. The number of aliphatic hydroxyl groups is 1. The second kappa shape index (κ2) is 7.47. The smallest absolute Gasteiger partial charge is 0.251 e. The van der Waals surface area contributed by atoms with Crippen molar-refractivity contribution in [2.24, 2.45) is 0 Å². The molecule has 1 aliphatic heterocycles. The maximum Gasteiger partial charge on any atom is 0.251 e. The van der Waals surface area contributed by atoms with Crippen LogP contribution < -0.4 is 20.7 Å². The van der Waals surface area contributed by atoms with E-state index < -0.39 is 17.5 Å². The molecule has 0 saturated carbocycles. The molecule has 0 aliphatic carbocycles. The van der Waals surface area contributed by atoms with Crippen molar-refractivity contribution < 1.29 is 23.8 Å². The van der Waals surface area contributed by atoms with Gasteiger partial charge in [-0.25, -0.2) is 4.39 Å². The van der Waals surface area contributed by atoms with Gasteiger partial charge in [0.05, 0.1) is 24.1 Å². The lowest BCUT2D eigenvalue weighted by Crippen LogP contribution is -2.52. The van der Waals surface area contributed by atoms with E-state index in [9.17, 15) is 19.1 Å². The Hall–Kier alpha value is -3.13. The molecule has 2 amide bonds. The first-order chi connectivity index (χ1) is 13.2. The van der Waals surface area contributed by atoms with Gasteiger partial charge < -0.3 is 25.8 Å². The van der Waals surface area contributed by atoms with Crippen LogP contribution in [-0.2, 0) is 11.3 Å². The fourth-order valence-electron chi connectivity index (χ4n) is 2.94. The standard InChI is InChI=1S/C20H22FN3O4/c1-20(2,27)17-19(26)24-14-7-5-12(9-15(14)23-17)18(25)22-10-11-4-6-13(21)16(8-11)28-3/h4-9,17,23,27H,10H2,1-3H3,(H,22,25)(H,24,26)/t17-/m1/s1. The van der Waals surface area contributed by atoms with Crippen LogP contribution in [0.25, 0.3) is 0 Å². The van der Waals surface area contributed by atoms with Crippen molar-refractivity contribution in [3.8, 4) is 5.75 Å². The number of fused-ring (bicyclic) bond motifs is 1. The van der Waals surface area contributed by atoms with Crippen LogP contribution in [0.3, 0.4) is 0 Å². The number of anilines is 2. The number of hydrogen-bond donors (Lipinski definition) is 4. The van der Waals surface area contributed by atoms with Crippen LogP contribution in [0.1, 0.15) is 29.8 Å². The van der Waals surface area contributed by atoms with E-state index in [1.165, 1.54) is 33.1 Å². The predicted molar refractivity (Wildman–Crippen MR) is 103 cm³/mol. The van der Waals surface area contributed by atoms with E-state index >= 15 is 0 Å². The Bertz CT molecular complexity index is 924. The third-order valence-corrected chi connectivity index (χ3v) is 4.48. The van der Waals surface area contributed by atoms with Gasteiger partial charge in [0.25, 0.3) is 5.91 Å². The highest BCUT2D eigenvalue weighted by atomic mass is 19.1. The zero-order valence-electron chi connectivity index (χ0n) is 15.8. The molecule has 8 heteroatoms. The highest BCUT2D eigenvalue weighted by molar-refractivity contribution is 6.05. The van der Waals surface area contributed by atoms with Crippen molar-refractivity contribution in [1.82, 2.24) is 5.32 Å². The summed E-state index contributed by atoms with van der Waals surface area (Å²) >= 11 is 0.